The highest BCUT2D eigenvalue weighted by molar-refractivity contribution is 6.01. The number of rotatable bonds is 4. The maximum absolute atomic E-state index is 12.8. The van der Waals surface area contributed by atoms with E-state index in [0.717, 1.165) is 0 Å². The highest BCUT2D eigenvalue weighted by Gasteiger charge is 2.51. The molecule has 1 heterocycles. The standard InChI is InChI=1S/C17H31NO2/c1-9(2)13-14(10(3)4)16(19)18(12(7)8)17(20)15(13)11(5)6/h9-15H,1-8H3. The molecule has 0 bridgehead atoms. The largest absolute Gasteiger partial charge is 0.280 e. The number of hydrogen-bond acceptors (Lipinski definition) is 2. The Kier molecular flexibility index (Phi) is 5.39. The number of amides is 2. The molecule has 1 fully saturated rings. The Morgan fingerprint density at radius 1 is 0.700 bits per heavy atom. The van der Waals surface area contributed by atoms with Crippen LogP contribution in [0, 0.1) is 35.5 Å². The van der Waals surface area contributed by atoms with Gasteiger partial charge in [-0.05, 0) is 37.5 Å². The van der Waals surface area contributed by atoms with Gasteiger partial charge in [0.2, 0.25) is 11.8 Å². The first kappa shape index (κ1) is 17.2. The molecule has 1 saturated heterocycles. The third-order valence-electron chi connectivity index (χ3n) is 4.60. The number of nitrogens with zero attached hydrogens (tertiary/aromatic N) is 1. The first-order valence-electron chi connectivity index (χ1n) is 7.98. The van der Waals surface area contributed by atoms with Gasteiger partial charge >= 0.3 is 0 Å². The molecule has 1 aliphatic heterocycles. The van der Waals surface area contributed by atoms with Crippen molar-refractivity contribution in [3.63, 3.8) is 0 Å². The fourth-order valence-electron chi connectivity index (χ4n) is 3.78. The Labute approximate surface area is 124 Å². The molecule has 0 N–H and O–H groups in total. The average Bonchev–Trinajstić information content (AvgIpc) is 2.25. The fourth-order valence-corrected chi connectivity index (χ4v) is 3.78. The molecule has 0 aromatic carbocycles. The van der Waals surface area contributed by atoms with E-state index < -0.39 is 0 Å². The third-order valence-corrected chi connectivity index (χ3v) is 4.60. The van der Waals surface area contributed by atoms with Crippen molar-refractivity contribution in [2.45, 2.75) is 61.4 Å². The van der Waals surface area contributed by atoms with Crippen molar-refractivity contribution in [1.82, 2.24) is 4.90 Å². The van der Waals surface area contributed by atoms with Crippen LogP contribution in [0.2, 0.25) is 0 Å². The highest BCUT2D eigenvalue weighted by atomic mass is 16.2. The normalized spacial score (nSPS) is 28.4. The zero-order valence-corrected chi connectivity index (χ0v) is 14.3. The molecule has 0 aliphatic carbocycles. The van der Waals surface area contributed by atoms with Crippen LogP contribution in [0.1, 0.15) is 55.4 Å². The predicted molar refractivity (Wildman–Crippen MR) is 82.0 cm³/mol. The number of carbonyl (C=O) groups excluding carboxylic acids is 2. The van der Waals surface area contributed by atoms with Crippen LogP contribution < -0.4 is 0 Å². The minimum Gasteiger partial charge on any atom is -0.280 e. The van der Waals surface area contributed by atoms with E-state index in [2.05, 4.69) is 41.5 Å². The van der Waals surface area contributed by atoms with Crippen LogP contribution in [0.15, 0.2) is 0 Å². The summed E-state index contributed by atoms with van der Waals surface area (Å²) in [4.78, 5) is 27.1. The summed E-state index contributed by atoms with van der Waals surface area (Å²) in [6, 6.07) is -0.0504. The maximum Gasteiger partial charge on any atom is 0.233 e. The van der Waals surface area contributed by atoms with Gasteiger partial charge < -0.3 is 0 Å². The van der Waals surface area contributed by atoms with E-state index in [-0.39, 0.29) is 47.4 Å². The second kappa shape index (κ2) is 6.28. The van der Waals surface area contributed by atoms with Crippen molar-refractivity contribution in [3.05, 3.63) is 0 Å². The minimum absolute atomic E-state index is 0.0376. The number of imide groups is 1. The van der Waals surface area contributed by atoms with Crippen molar-refractivity contribution in [3.8, 4) is 0 Å². The lowest BCUT2D eigenvalue weighted by molar-refractivity contribution is -0.167. The molecule has 0 radical (unpaired) electrons. The highest BCUT2D eigenvalue weighted by Crippen LogP contribution is 2.43. The number of piperidine rings is 1. The van der Waals surface area contributed by atoms with Gasteiger partial charge in [-0.3, -0.25) is 14.5 Å². The molecule has 0 saturated carbocycles. The lowest BCUT2D eigenvalue weighted by atomic mass is 9.64. The molecule has 2 amide bonds. The topological polar surface area (TPSA) is 37.4 Å². The Morgan fingerprint density at radius 3 is 1.25 bits per heavy atom. The zero-order valence-electron chi connectivity index (χ0n) is 14.3. The Hall–Kier alpha value is -0.860. The van der Waals surface area contributed by atoms with Crippen LogP contribution in [0.4, 0.5) is 0 Å². The van der Waals surface area contributed by atoms with Gasteiger partial charge in [-0.2, -0.15) is 0 Å². The van der Waals surface area contributed by atoms with Gasteiger partial charge in [-0.1, -0.05) is 41.5 Å². The summed E-state index contributed by atoms with van der Waals surface area (Å²) >= 11 is 0. The van der Waals surface area contributed by atoms with Crippen LogP contribution in [-0.2, 0) is 9.59 Å². The van der Waals surface area contributed by atoms with Crippen molar-refractivity contribution in [1.29, 1.82) is 0 Å². The smallest absolute Gasteiger partial charge is 0.233 e. The van der Waals surface area contributed by atoms with Crippen LogP contribution >= 0.6 is 0 Å². The van der Waals surface area contributed by atoms with E-state index in [1.54, 1.807) is 0 Å². The van der Waals surface area contributed by atoms with E-state index >= 15 is 0 Å². The first-order valence-corrected chi connectivity index (χ1v) is 7.98. The van der Waals surface area contributed by atoms with Gasteiger partial charge in [0.25, 0.3) is 0 Å². The molecule has 20 heavy (non-hydrogen) atoms. The van der Waals surface area contributed by atoms with Gasteiger partial charge in [-0.25, -0.2) is 0 Å². The first-order chi connectivity index (χ1) is 9.11. The van der Waals surface area contributed by atoms with Crippen LogP contribution in [0.25, 0.3) is 0 Å². The molecule has 3 nitrogen and oxygen atoms in total. The summed E-state index contributed by atoms with van der Waals surface area (Å²) in [5, 5.41) is 0. The molecule has 2 atom stereocenters. The molecular weight excluding hydrogens is 250 g/mol. The van der Waals surface area contributed by atoms with Crippen LogP contribution in [0.5, 0.6) is 0 Å². The molecule has 1 aliphatic rings. The Morgan fingerprint density at radius 2 is 1.05 bits per heavy atom. The lowest BCUT2D eigenvalue weighted by Crippen LogP contribution is -2.59. The molecule has 2 unspecified atom stereocenters. The van der Waals surface area contributed by atoms with Crippen molar-refractivity contribution in [2.75, 3.05) is 0 Å². The molecule has 0 spiro atoms. The number of hydrogen-bond donors (Lipinski definition) is 0. The van der Waals surface area contributed by atoms with Gasteiger partial charge in [0.05, 0.1) is 0 Å². The van der Waals surface area contributed by atoms with E-state index in [1.165, 1.54) is 4.90 Å². The summed E-state index contributed by atoms with van der Waals surface area (Å²) in [5.41, 5.74) is 0. The molecular formula is C17H31NO2. The second-order valence-corrected chi connectivity index (χ2v) is 7.50. The fraction of sp³-hybridized carbons (Fsp3) is 0.882. The summed E-state index contributed by atoms with van der Waals surface area (Å²) in [6.45, 7) is 16.5. The summed E-state index contributed by atoms with van der Waals surface area (Å²) in [7, 11) is 0. The monoisotopic (exact) mass is 281 g/mol. The SMILES string of the molecule is CC(C)C1C(=O)N(C(C)C)C(=O)C(C(C)C)C1C(C)C. The predicted octanol–water partition coefficient (Wildman–Crippen LogP) is 3.58. The Balaban J connectivity index is 3.34. The molecule has 0 aromatic heterocycles. The average molecular weight is 281 g/mol. The van der Waals surface area contributed by atoms with Crippen LogP contribution in [-0.4, -0.2) is 22.8 Å². The molecule has 116 valence electrons. The zero-order chi connectivity index (χ0) is 15.8. The third kappa shape index (κ3) is 2.91. The Bertz CT molecular complexity index is 343. The van der Waals surface area contributed by atoms with Crippen molar-refractivity contribution in [2.24, 2.45) is 35.5 Å². The van der Waals surface area contributed by atoms with E-state index in [0.29, 0.717) is 5.92 Å². The molecule has 0 aromatic rings. The molecule has 3 heteroatoms. The maximum atomic E-state index is 12.8. The molecule has 1 rings (SSSR count). The van der Waals surface area contributed by atoms with Gasteiger partial charge in [0.15, 0.2) is 0 Å². The van der Waals surface area contributed by atoms with Gasteiger partial charge in [0.1, 0.15) is 0 Å². The summed E-state index contributed by atoms with van der Waals surface area (Å²) in [6.07, 6.45) is 0. The van der Waals surface area contributed by atoms with Crippen molar-refractivity contribution >= 4 is 11.8 Å². The van der Waals surface area contributed by atoms with E-state index in [1.807, 2.05) is 13.8 Å². The van der Waals surface area contributed by atoms with Crippen LogP contribution in [0.3, 0.4) is 0 Å². The summed E-state index contributed by atoms with van der Waals surface area (Å²) in [5.74, 6) is 1.04. The number of likely N-dealkylation sites (tertiary alicyclic amines) is 1. The van der Waals surface area contributed by atoms with Crippen molar-refractivity contribution < 1.29 is 9.59 Å². The minimum atomic E-state index is -0.0504. The lowest BCUT2D eigenvalue weighted by Gasteiger charge is -2.47. The second-order valence-electron chi connectivity index (χ2n) is 7.50. The number of carbonyl (C=O) groups is 2. The quantitative estimate of drug-likeness (QED) is 0.739. The van der Waals surface area contributed by atoms with Gasteiger partial charge in [0, 0.05) is 17.9 Å². The van der Waals surface area contributed by atoms with Gasteiger partial charge in [-0.15, -0.1) is 0 Å². The van der Waals surface area contributed by atoms with E-state index in [9.17, 15) is 9.59 Å². The van der Waals surface area contributed by atoms with E-state index in [4.69, 9.17) is 0 Å². The summed E-state index contributed by atoms with van der Waals surface area (Å²) < 4.78 is 0.